The fourth-order valence-corrected chi connectivity index (χ4v) is 1.10. The van der Waals surface area contributed by atoms with Crippen molar-refractivity contribution >= 4 is 11.6 Å². The fourth-order valence-electron chi connectivity index (χ4n) is 1.10. The number of nitrogens with two attached hydrogens (primary N) is 1. The topological polar surface area (TPSA) is 46.3 Å². The van der Waals surface area contributed by atoms with Crippen molar-refractivity contribution in [3.05, 3.63) is 29.6 Å². The maximum absolute atomic E-state index is 13.1. The van der Waals surface area contributed by atoms with E-state index in [-0.39, 0.29) is 17.6 Å². The number of hydrogen-bond acceptors (Lipinski definition) is 2. The SMILES string of the molecule is CC(C)N(C)C(=O)c1ccc(N)c(F)c1. The van der Waals surface area contributed by atoms with Gasteiger partial charge in [0, 0.05) is 18.7 Å². The Kier molecular flexibility index (Phi) is 3.29. The number of nitrogens with zero attached hydrogens (tertiary/aromatic N) is 1. The summed E-state index contributed by atoms with van der Waals surface area (Å²) in [5, 5.41) is 0. The van der Waals surface area contributed by atoms with Crippen molar-refractivity contribution in [3.63, 3.8) is 0 Å². The monoisotopic (exact) mass is 210 g/mol. The molecule has 0 aromatic heterocycles. The Bertz CT molecular complexity index is 377. The molecule has 0 atom stereocenters. The molecule has 0 radical (unpaired) electrons. The van der Waals surface area contributed by atoms with Crippen LogP contribution in [0.3, 0.4) is 0 Å². The first-order valence-electron chi connectivity index (χ1n) is 4.75. The number of halogens is 1. The highest BCUT2D eigenvalue weighted by atomic mass is 19.1. The van der Waals surface area contributed by atoms with Crippen LogP contribution >= 0.6 is 0 Å². The molecule has 0 unspecified atom stereocenters. The molecule has 4 heteroatoms. The summed E-state index contributed by atoms with van der Waals surface area (Å²) in [5.74, 6) is -0.762. The van der Waals surface area contributed by atoms with Crippen LogP contribution in [0.25, 0.3) is 0 Å². The second-order valence-corrected chi connectivity index (χ2v) is 3.75. The highest BCUT2D eigenvalue weighted by molar-refractivity contribution is 5.94. The van der Waals surface area contributed by atoms with E-state index in [0.29, 0.717) is 5.56 Å². The molecule has 0 spiro atoms. The average molecular weight is 210 g/mol. The maximum atomic E-state index is 13.1. The Balaban J connectivity index is 2.97. The zero-order valence-electron chi connectivity index (χ0n) is 9.12. The molecular formula is C11H15FN2O. The third-order valence-corrected chi connectivity index (χ3v) is 2.34. The summed E-state index contributed by atoms with van der Waals surface area (Å²) in [5.41, 5.74) is 5.70. The molecule has 82 valence electrons. The minimum Gasteiger partial charge on any atom is -0.396 e. The largest absolute Gasteiger partial charge is 0.396 e. The van der Waals surface area contributed by atoms with Crippen molar-refractivity contribution in [2.45, 2.75) is 19.9 Å². The predicted molar refractivity (Wildman–Crippen MR) is 58.0 cm³/mol. The van der Waals surface area contributed by atoms with Crippen molar-refractivity contribution in [1.82, 2.24) is 4.90 Å². The van der Waals surface area contributed by atoms with Gasteiger partial charge in [-0.3, -0.25) is 4.79 Å². The summed E-state index contributed by atoms with van der Waals surface area (Å²) >= 11 is 0. The van der Waals surface area contributed by atoms with Gasteiger partial charge >= 0.3 is 0 Å². The Morgan fingerprint density at radius 3 is 2.53 bits per heavy atom. The lowest BCUT2D eigenvalue weighted by molar-refractivity contribution is 0.0754. The summed E-state index contributed by atoms with van der Waals surface area (Å²) in [6.45, 7) is 3.79. The molecule has 0 bridgehead atoms. The molecule has 15 heavy (non-hydrogen) atoms. The van der Waals surface area contributed by atoms with Gasteiger partial charge in [-0.25, -0.2) is 4.39 Å². The molecule has 0 saturated carbocycles. The average Bonchev–Trinajstić information content (AvgIpc) is 2.19. The first-order chi connectivity index (χ1) is 6.93. The van der Waals surface area contributed by atoms with Gasteiger partial charge in [-0.15, -0.1) is 0 Å². The van der Waals surface area contributed by atoms with E-state index >= 15 is 0 Å². The standard InChI is InChI=1S/C11H15FN2O/c1-7(2)14(3)11(15)8-4-5-10(13)9(12)6-8/h4-7H,13H2,1-3H3. The van der Waals surface area contributed by atoms with Crippen molar-refractivity contribution in [2.24, 2.45) is 0 Å². The van der Waals surface area contributed by atoms with E-state index in [1.807, 2.05) is 13.8 Å². The first kappa shape index (κ1) is 11.5. The van der Waals surface area contributed by atoms with Crippen LogP contribution in [0.5, 0.6) is 0 Å². The van der Waals surface area contributed by atoms with E-state index in [9.17, 15) is 9.18 Å². The molecule has 3 nitrogen and oxygen atoms in total. The van der Waals surface area contributed by atoms with Crippen molar-refractivity contribution < 1.29 is 9.18 Å². The minimum atomic E-state index is -0.557. The van der Waals surface area contributed by atoms with Crippen LogP contribution in [-0.2, 0) is 0 Å². The molecular weight excluding hydrogens is 195 g/mol. The zero-order valence-corrected chi connectivity index (χ0v) is 9.12. The third-order valence-electron chi connectivity index (χ3n) is 2.34. The Hall–Kier alpha value is -1.58. The number of hydrogen-bond donors (Lipinski definition) is 1. The van der Waals surface area contributed by atoms with Gasteiger partial charge in [0.1, 0.15) is 5.82 Å². The van der Waals surface area contributed by atoms with Crippen LogP contribution < -0.4 is 5.73 Å². The van der Waals surface area contributed by atoms with Gasteiger partial charge in [0.05, 0.1) is 5.69 Å². The molecule has 1 rings (SSSR count). The fraction of sp³-hybridized carbons (Fsp3) is 0.364. The lowest BCUT2D eigenvalue weighted by atomic mass is 10.1. The molecule has 0 heterocycles. The van der Waals surface area contributed by atoms with Gasteiger partial charge in [-0.2, -0.15) is 0 Å². The second kappa shape index (κ2) is 4.29. The zero-order chi connectivity index (χ0) is 11.6. The van der Waals surface area contributed by atoms with E-state index in [2.05, 4.69) is 0 Å². The normalized spacial score (nSPS) is 10.5. The van der Waals surface area contributed by atoms with Gasteiger partial charge in [-0.1, -0.05) is 0 Å². The summed E-state index contributed by atoms with van der Waals surface area (Å²) in [6.07, 6.45) is 0. The smallest absolute Gasteiger partial charge is 0.253 e. The van der Waals surface area contributed by atoms with Crippen LogP contribution in [0.2, 0.25) is 0 Å². The lowest BCUT2D eigenvalue weighted by Gasteiger charge is -2.21. The predicted octanol–water partition coefficient (Wildman–Crippen LogP) is 1.89. The number of amides is 1. The number of nitrogen functional groups attached to an aromatic ring is 1. The van der Waals surface area contributed by atoms with E-state index in [1.165, 1.54) is 12.1 Å². The highest BCUT2D eigenvalue weighted by Gasteiger charge is 2.15. The summed E-state index contributed by atoms with van der Waals surface area (Å²) in [6, 6.07) is 4.17. The van der Waals surface area contributed by atoms with Gasteiger partial charge in [-0.05, 0) is 32.0 Å². The van der Waals surface area contributed by atoms with E-state index in [0.717, 1.165) is 6.07 Å². The van der Waals surface area contributed by atoms with Crippen LogP contribution in [0.15, 0.2) is 18.2 Å². The van der Waals surface area contributed by atoms with Gasteiger partial charge < -0.3 is 10.6 Å². The number of anilines is 1. The second-order valence-electron chi connectivity index (χ2n) is 3.75. The van der Waals surface area contributed by atoms with Crippen LogP contribution in [0.4, 0.5) is 10.1 Å². The van der Waals surface area contributed by atoms with Crippen molar-refractivity contribution in [2.75, 3.05) is 12.8 Å². The van der Waals surface area contributed by atoms with Crippen LogP contribution in [0.1, 0.15) is 24.2 Å². The molecule has 1 aromatic rings. The first-order valence-corrected chi connectivity index (χ1v) is 4.75. The molecule has 0 aliphatic rings. The van der Waals surface area contributed by atoms with Gasteiger partial charge in [0.2, 0.25) is 0 Å². The molecule has 0 saturated heterocycles. The molecule has 0 fully saturated rings. The highest BCUT2D eigenvalue weighted by Crippen LogP contribution is 2.14. The Morgan fingerprint density at radius 2 is 2.07 bits per heavy atom. The summed E-state index contributed by atoms with van der Waals surface area (Å²) in [4.78, 5) is 13.3. The minimum absolute atomic E-state index is 0.0544. The summed E-state index contributed by atoms with van der Waals surface area (Å²) in [7, 11) is 1.68. The molecule has 1 amide bonds. The van der Waals surface area contributed by atoms with E-state index in [1.54, 1.807) is 11.9 Å². The lowest BCUT2D eigenvalue weighted by Crippen LogP contribution is -2.33. The van der Waals surface area contributed by atoms with Crippen molar-refractivity contribution in [3.8, 4) is 0 Å². The van der Waals surface area contributed by atoms with Crippen molar-refractivity contribution in [1.29, 1.82) is 0 Å². The number of rotatable bonds is 2. The Morgan fingerprint density at radius 1 is 1.47 bits per heavy atom. The molecule has 1 aromatic carbocycles. The molecule has 0 aliphatic carbocycles. The van der Waals surface area contributed by atoms with Crippen LogP contribution in [-0.4, -0.2) is 23.9 Å². The maximum Gasteiger partial charge on any atom is 0.253 e. The van der Waals surface area contributed by atoms with E-state index < -0.39 is 5.82 Å². The summed E-state index contributed by atoms with van der Waals surface area (Å²) < 4.78 is 13.1. The van der Waals surface area contributed by atoms with Gasteiger partial charge in [0.25, 0.3) is 5.91 Å². The molecule has 2 N–H and O–H groups in total. The Labute approximate surface area is 88.7 Å². The third kappa shape index (κ3) is 2.46. The molecule has 0 aliphatic heterocycles. The number of benzene rings is 1. The quantitative estimate of drug-likeness (QED) is 0.758. The number of carbonyl (C=O) groups excluding carboxylic acids is 1. The number of carbonyl (C=O) groups is 1. The van der Waals surface area contributed by atoms with Crippen LogP contribution in [0, 0.1) is 5.82 Å². The van der Waals surface area contributed by atoms with E-state index in [4.69, 9.17) is 5.73 Å². The van der Waals surface area contributed by atoms with Gasteiger partial charge in [0.15, 0.2) is 0 Å².